The molecule has 1 amide bonds. The first-order valence-corrected chi connectivity index (χ1v) is 9.49. The Kier molecular flexibility index (Phi) is 5.14. The number of nitro groups is 1. The number of ketones is 1. The van der Waals surface area contributed by atoms with Gasteiger partial charge in [0.15, 0.2) is 0 Å². The van der Waals surface area contributed by atoms with Crippen LogP contribution in [0.1, 0.15) is 26.4 Å². The van der Waals surface area contributed by atoms with Gasteiger partial charge in [0, 0.05) is 34.6 Å². The molecule has 154 valence electrons. The third-order valence-corrected chi connectivity index (χ3v) is 4.98. The number of hydrogen-bond donors (Lipinski definition) is 2. The fourth-order valence-electron chi connectivity index (χ4n) is 3.33. The van der Waals surface area contributed by atoms with Crippen molar-refractivity contribution in [2.45, 2.75) is 0 Å². The Balaban J connectivity index is 1.78. The van der Waals surface area contributed by atoms with Crippen molar-refractivity contribution in [1.82, 2.24) is 4.40 Å². The first-order chi connectivity index (χ1) is 14.9. The normalized spacial score (nSPS) is 10.7. The fourth-order valence-corrected chi connectivity index (χ4v) is 3.52. The standard InChI is InChI=1S/C22H15ClN4O4/c23-14-4-3-5-15(12-14)25-22(29)18-17-6-1-2-11-26(17)20(19(18)24)21(28)13-7-9-16(10-8-13)27(30)31/h1-12H,24H2,(H,25,29). The Labute approximate surface area is 181 Å². The third-order valence-electron chi connectivity index (χ3n) is 4.75. The van der Waals surface area contributed by atoms with E-state index < -0.39 is 16.6 Å². The number of fused-ring (bicyclic) bond motifs is 1. The van der Waals surface area contributed by atoms with E-state index in [-0.39, 0.29) is 28.2 Å². The van der Waals surface area contributed by atoms with Gasteiger partial charge < -0.3 is 15.5 Å². The molecule has 4 rings (SSSR count). The Morgan fingerprint density at radius 3 is 2.45 bits per heavy atom. The summed E-state index contributed by atoms with van der Waals surface area (Å²) in [4.78, 5) is 36.5. The first-order valence-electron chi connectivity index (χ1n) is 9.11. The second kappa shape index (κ2) is 7.92. The van der Waals surface area contributed by atoms with Gasteiger partial charge in [-0.15, -0.1) is 0 Å². The maximum absolute atomic E-state index is 13.2. The van der Waals surface area contributed by atoms with Crippen molar-refractivity contribution in [1.29, 1.82) is 0 Å². The highest BCUT2D eigenvalue weighted by molar-refractivity contribution is 6.31. The molecule has 0 aliphatic heterocycles. The Hall–Kier alpha value is -4.17. The minimum atomic E-state index is -0.548. The van der Waals surface area contributed by atoms with Gasteiger partial charge in [0.2, 0.25) is 5.78 Å². The lowest BCUT2D eigenvalue weighted by Crippen LogP contribution is -2.14. The second-order valence-corrected chi connectivity index (χ2v) is 7.13. The van der Waals surface area contributed by atoms with E-state index in [4.69, 9.17) is 17.3 Å². The zero-order valence-electron chi connectivity index (χ0n) is 15.9. The van der Waals surface area contributed by atoms with Gasteiger partial charge in [-0.1, -0.05) is 23.7 Å². The quantitative estimate of drug-likeness (QED) is 0.271. The number of nitrogens with two attached hydrogens (primary N) is 1. The predicted octanol–water partition coefficient (Wildman–Crippen LogP) is 4.57. The molecular formula is C22H15ClN4O4. The molecule has 2 aromatic heterocycles. The summed E-state index contributed by atoms with van der Waals surface area (Å²) in [5.41, 5.74) is 7.54. The van der Waals surface area contributed by atoms with Crippen LogP contribution in [0.15, 0.2) is 72.9 Å². The maximum Gasteiger partial charge on any atom is 0.269 e. The third kappa shape index (κ3) is 3.72. The van der Waals surface area contributed by atoms with Crippen LogP contribution < -0.4 is 11.1 Å². The van der Waals surface area contributed by atoms with E-state index >= 15 is 0 Å². The number of benzene rings is 2. The predicted molar refractivity (Wildman–Crippen MR) is 118 cm³/mol. The molecule has 0 unspecified atom stereocenters. The Morgan fingerprint density at radius 1 is 1.03 bits per heavy atom. The van der Waals surface area contributed by atoms with Crippen molar-refractivity contribution >= 4 is 45.9 Å². The molecular weight excluding hydrogens is 420 g/mol. The molecule has 0 atom stereocenters. The summed E-state index contributed by atoms with van der Waals surface area (Å²) in [5.74, 6) is -0.957. The van der Waals surface area contributed by atoms with Crippen molar-refractivity contribution in [3.05, 3.63) is 105 Å². The molecule has 0 spiro atoms. The maximum atomic E-state index is 13.2. The molecule has 0 radical (unpaired) electrons. The van der Waals surface area contributed by atoms with E-state index in [1.54, 1.807) is 48.7 Å². The van der Waals surface area contributed by atoms with Gasteiger partial charge in [-0.25, -0.2) is 0 Å². The molecule has 3 N–H and O–H groups in total. The minimum Gasteiger partial charge on any atom is -0.396 e. The number of nitrogen functional groups attached to an aromatic ring is 1. The number of non-ortho nitro benzene ring substituents is 1. The summed E-state index contributed by atoms with van der Waals surface area (Å²) in [6, 6.07) is 17.0. The van der Waals surface area contributed by atoms with Crippen LogP contribution in [0, 0.1) is 10.1 Å². The number of nitrogens with zero attached hydrogens (tertiary/aromatic N) is 2. The highest BCUT2D eigenvalue weighted by Crippen LogP contribution is 2.30. The zero-order chi connectivity index (χ0) is 22.1. The molecule has 2 heterocycles. The van der Waals surface area contributed by atoms with Crippen LogP contribution in [-0.2, 0) is 0 Å². The lowest BCUT2D eigenvalue weighted by molar-refractivity contribution is -0.384. The smallest absolute Gasteiger partial charge is 0.269 e. The molecule has 0 aliphatic rings. The molecule has 31 heavy (non-hydrogen) atoms. The summed E-state index contributed by atoms with van der Waals surface area (Å²) in [6.07, 6.45) is 1.63. The number of halogens is 1. The lowest BCUT2D eigenvalue weighted by Gasteiger charge is -2.06. The SMILES string of the molecule is Nc1c(C(=O)Nc2cccc(Cl)c2)c2ccccn2c1C(=O)c1ccc([N+](=O)[O-])cc1. The average Bonchev–Trinajstić information content (AvgIpc) is 3.05. The Morgan fingerprint density at radius 2 is 1.77 bits per heavy atom. The van der Waals surface area contributed by atoms with Gasteiger partial charge in [0.05, 0.1) is 21.7 Å². The largest absolute Gasteiger partial charge is 0.396 e. The van der Waals surface area contributed by atoms with Crippen molar-refractivity contribution in [3.8, 4) is 0 Å². The number of nitrogens with one attached hydrogen (secondary N) is 1. The fraction of sp³-hybridized carbons (Fsp3) is 0. The summed E-state index contributed by atoms with van der Waals surface area (Å²) < 4.78 is 1.53. The number of aromatic nitrogens is 1. The van der Waals surface area contributed by atoms with Gasteiger partial charge in [-0.3, -0.25) is 19.7 Å². The molecule has 0 saturated heterocycles. The number of carbonyl (C=O) groups is 2. The van der Waals surface area contributed by atoms with E-state index in [1.165, 1.54) is 28.7 Å². The number of anilines is 2. The number of pyridine rings is 1. The van der Waals surface area contributed by atoms with Crippen LogP contribution in [0.25, 0.3) is 5.52 Å². The molecule has 8 nitrogen and oxygen atoms in total. The van der Waals surface area contributed by atoms with Crippen LogP contribution >= 0.6 is 11.6 Å². The van der Waals surface area contributed by atoms with E-state index in [1.807, 2.05) is 0 Å². The van der Waals surface area contributed by atoms with Gasteiger partial charge in [0.1, 0.15) is 5.69 Å². The molecule has 0 saturated carbocycles. The highest BCUT2D eigenvalue weighted by Gasteiger charge is 2.26. The number of hydrogen-bond acceptors (Lipinski definition) is 5. The highest BCUT2D eigenvalue weighted by atomic mass is 35.5. The van der Waals surface area contributed by atoms with E-state index in [0.29, 0.717) is 16.2 Å². The number of rotatable bonds is 5. The molecule has 0 bridgehead atoms. The molecule has 2 aromatic carbocycles. The van der Waals surface area contributed by atoms with Gasteiger partial charge >= 0.3 is 0 Å². The molecule has 0 fully saturated rings. The van der Waals surface area contributed by atoms with E-state index in [2.05, 4.69) is 5.32 Å². The topological polar surface area (TPSA) is 120 Å². The average molecular weight is 435 g/mol. The summed E-state index contributed by atoms with van der Waals surface area (Å²) in [5, 5.41) is 14.1. The van der Waals surface area contributed by atoms with Crippen LogP contribution in [0.5, 0.6) is 0 Å². The van der Waals surface area contributed by atoms with Crippen LogP contribution in [0.2, 0.25) is 5.02 Å². The Bertz CT molecular complexity index is 1350. The van der Waals surface area contributed by atoms with Crippen LogP contribution in [0.4, 0.5) is 17.1 Å². The molecule has 9 heteroatoms. The zero-order valence-corrected chi connectivity index (χ0v) is 16.7. The number of carbonyl (C=O) groups excluding carboxylic acids is 2. The minimum absolute atomic E-state index is 0.00841. The van der Waals surface area contributed by atoms with Crippen molar-refractivity contribution in [2.75, 3.05) is 11.1 Å². The van der Waals surface area contributed by atoms with Crippen LogP contribution in [-0.4, -0.2) is 21.0 Å². The summed E-state index contributed by atoms with van der Waals surface area (Å²) in [7, 11) is 0. The van der Waals surface area contributed by atoms with Crippen LogP contribution in [0.3, 0.4) is 0 Å². The van der Waals surface area contributed by atoms with Gasteiger partial charge in [-0.2, -0.15) is 0 Å². The summed E-state index contributed by atoms with van der Waals surface area (Å²) in [6.45, 7) is 0. The van der Waals surface area contributed by atoms with Gasteiger partial charge in [0.25, 0.3) is 11.6 Å². The summed E-state index contributed by atoms with van der Waals surface area (Å²) >= 11 is 5.98. The molecule has 0 aliphatic carbocycles. The lowest BCUT2D eigenvalue weighted by atomic mass is 10.1. The number of nitro benzene ring substituents is 1. The van der Waals surface area contributed by atoms with E-state index in [9.17, 15) is 19.7 Å². The monoisotopic (exact) mass is 434 g/mol. The van der Waals surface area contributed by atoms with Crippen molar-refractivity contribution in [3.63, 3.8) is 0 Å². The van der Waals surface area contributed by atoms with Crippen molar-refractivity contribution < 1.29 is 14.5 Å². The second-order valence-electron chi connectivity index (χ2n) is 6.69. The van der Waals surface area contributed by atoms with E-state index in [0.717, 1.165) is 0 Å². The van der Waals surface area contributed by atoms with Gasteiger partial charge in [-0.05, 0) is 42.5 Å². The first kappa shape index (κ1) is 20.1. The molecule has 4 aromatic rings. The number of amides is 1. The van der Waals surface area contributed by atoms with Crippen molar-refractivity contribution in [2.24, 2.45) is 0 Å².